The molecule has 1 amide bonds. The zero-order valence-corrected chi connectivity index (χ0v) is 15.8. The summed E-state index contributed by atoms with van der Waals surface area (Å²) in [6.07, 6.45) is 1.03. The summed E-state index contributed by atoms with van der Waals surface area (Å²) >= 11 is 0. The molecule has 0 saturated carbocycles. The Morgan fingerprint density at radius 1 is 1.15 bits per heavy atom. The maximum Gasteiger partial charge on any atom is 0.254 e. The van der Waals surface area contributed by atoms with Crippen LogP contribution in [0.25, 0.3) is 0 Å². The Morgan fingerprint density at radius 2 is 1.92 bits per heavy atom. The smallest absolute Gasteiger partial charge is 0.254 e. The van der Waals surface area contributed by atoms with E-state index in [9.17, 15) is 4.79 Å². The molecule has 0 fully saturated rings. The van der Waals surface area contributed by atoms with Gasteiger partial charge in [0, 0.05) is 24.2 Å². The van der Waals surface area contributed by atoms with Crippen LogP contribution in [0.1, 0.15) is 47.8 Å². The van der Waals surface area contributed by atoms with Crippen LogP contribution in [0.15, 0.2) is 42.5 Å². The number of fused-ring (bicyclic) bond motifs is 1. The van der Waals surface area contributed by atoms with E-state index in [1.807, 2.05) is 49.9 Å². The SMILES string of the molecule is CCOc1ccc(C(=O)N2CCc3ccccc3C2)cc1COC(C)C. The molecule has 0 saturated heterocycles. The minimum atomic E-state index is 0.0633. The van der Waals surface area contributed by atoms with Gasteiger partial charge in [-0.2, -0.15) is 0 Å². The Bertz CT molecular complexity index is 770. The van der Waals surface area contributed by atoms with Crippen LogP contribution < -0.4 is 4.74 Å². The molecule has 4 nitrogen and oxygen atoms in total. The van der Waals surface area contributed by atoms with Gasteiger partial charge in [-0.15, -0.1) is 0 Å². The summed E-state index contributed by atoms with van der Waals surface area (Å²) in [5.41, 5.74) is 4.19. The highest BCUT2D eigenvalue weighted by Crippen LogP contribution is 2.25. The van der Waals surface area contributed by atoms with Gasteiger partial charge in [0.05, 0.1) is 19.3 Å². The molecule has 1 aliphatic rings. The molecule has 1 heterocycles. The van der Waals surface area contributed by atoms with E-state index in [2.05, 4.69) is 18.2 Å². The zero-order chi connectivity index (χ0) is 18.5. The molecule has 138 valence electrons. The lowest BCUT2D eigenvalue weighted by Crippen LogP contribution is -2.36. The number of ether oxygens (including phenoxy) is 2. The van der Waals surface area contributed by atoms with Crippen LogP contribution in [0, 0.1) is 0 Å². The molecule has 0 aliphatic carbocycles. The van der Waals surface area contributed by atoms with Crippen LogP contribution in [0.5, 0.6) is 5.75 Å². The van der Waals surface area contributed by atoms with E-state index >= 15 is 0 Å². The third-order valence-electron chi connectivity index (χ3n) is 4.60. The molecule has 0 radical (unpaired) electrons. The molecule has 4 heteroatoms. The van der Waals surface area contributed by atoms with E-state index in [0.29, 0.717) is 25.3 Å². The van der Waals surface area contributed by atoms with Crippen LogP contribution in [-0.2, 0) is 24.3 Å². The Labute approximate surface area is 155 Å². The van der Waals surface area contributed by atoms with Crippen molar-refractivity contribution in [1.82, 2.24) is 4.90 Å². The van der Waals surface area contributed by atoms with Crippen molar-refractivity contribution in [1.29, 1.82) is 0 Å². The van der Waals surface area contributed by atoms with Crippen LogP contribution in [0.2, 0.25) is 0 Å². The third-order valence-corrected chi connectivity index (χ3v) is 4.60. The second-order valence-electron chi connectivity index (χ2n) is 6.86. The van der Waals surface area contributed by atoms with Gasteiger partial charge < -0.3 is 14.4 Å². The quantitative estimate of drug-likeness (QED) is 0.781. The highest BCUT2D eigenvalue weighted by atomic mass is 16.5. The zero-order valence-electron chi connectivity index (χ0n) is 15.8. The van der Waals surface area contributed by atoms with E-state index in [-0.39, 0.29) is 12.0 Å². The number of benzene rings is 2. The lowest BCUT2D eigenvalue weighted by Gasteiger charge is -2.29. The van der Waals surface area contributed by atoms with Crippen molar-refractivity contribution >= 4 is 5.91 Å². The third kappa shape index (κ3) is 4.25. The van der Waals surface area contributed by atoms with E-state index < -0.39 is 0 Å². The fourth-order valence-electron chi connectivity index (χ4n) is 3.23. The van der Waals surface area contributed by atoms with Crippen LogP contribution in [0.3, 0.4) is 0 Å². The molecule has 0 unspecified atom stereocenters. The van der Waals surface area contributed by atoms with Crippen molar-refractivity contribution in [2.75, 3.05) is 13.2 Å². The highest BCUT2D eigenvalue weighted by Gasteiger charge is 2.22. The highest BCUT2D eigenvalue weighted by molar-refractivity contribution is 5.94. The number of hydrogen-bond donors (Lipinski definition) is 0. The van der Waals surface area contributed by atoms with Crippen molar-refractivity contribution in [2.45, 2.75) is 46.4 Å². The Balaban J connectivity index is 1.79. The maximum atomic E-state index is 13.0. The molecule has 0 atom stereocenters. The molecule has 2 aromatic carbocycles. The van der Waals surface area contributed by atoms with Crippen molar-refractivity contribution in [2.24, 2.45) is 0 Å². The van der Waals surface area contributed by atoms with Crippen LogP contribution in [-0.4, -0.2) is 30.1 Å². The number of hydrogen-bond acceptors (Lipinski definition) is 3. The molecule has 1 aliphatic heterocycles. The van der Waals surface area contributed by atoms with E-state index in [4.69, 9.17) is 9.47 Å². The summed E-state index contributed by atoms with van der Waals surface area (Å²) in [5, 5.41) is 0. The first kappa shape index (κ1) is 18.5. The standard InChI is InChI=1S/C22H27NO3/c1-4-25-21-10-9-18(13-20(21)15-26-16(2)3)22(24)23-12-11-17-7-5-6-8-19(17)14-23/h5-10,13,16H,4,11-12,14-15H2,1-3H3. The van der Waals surface area contributed by atoms with E-state index in [1.165, 1.54) is 11.1 Å². The number of rotatable bonds is 6. The Morgan fingerprint density at radius 3 is 2.65 bits per heavy atom. The minimum Gasteiger partial charge on any atom is -0.494 e. The van der Waals surface area contributed by atoms with Crippen LogP contribution >= 0.6 is 0 Å². The lowest BCUT2D eigenvalue weighted by molar-refractivity contribution is 0.0639. The van der Waals surface area contributed by atoms with Gasteiger partial charge in [0.1, 0.15) is 5.75 Å². The van der Waals surface area contributed by atoms with Gasteiger partial charge in [-0.25, -0.2) is 0 Å². The molecular formula is C22H27NO3. The summed E-state index contributed by atoms with van der Waals surface area (Å²) < 4.78 is 11.4. The predicted octanol–water partition coefficient (Wildman–Crippen LogP) is 4.21. The van der Waals surface area contributed by atoms with Crippen LogP contribution in [0.4, 0.5) is 0 Å². The van der Waals surface area contributed by atoms with Gasteiger partial charge in [-0.1, -0.05) is 24.3 Å². The molecule has 26 heavy (non-hydrogen) atoms. The fraction of sp³-hybridized carbons (Fsp3) is 0.409. The number of amides is 1. The van der Waals surface area contributed by atoms with Gasteiger partial charge in [0.2, 0.25) is 0 Å². The summed E-state index contributed by atoms with van der Waals surface area (Å²) in [4.78, 5) is 14.9. The van der Waals surface area contributed by atoms with Gasteiger partial charge in [-0.3, -0.25) is 4.79 Å². The summed E-state index contributed by atoms with van der Waals surface area (Å²) in [7, 11) is 0. The molecule has 0 bridgehead atoms. The topological polar surface area (TPSA) is 38.8 Å². The van der Waals surface area contributed by atoms with Gasteiger partial charge >= 0.3 is 0 Å². The predicted molar refractivity (Wildman–Crippen MR) is 102 cm³/mol. The molecular weight excluding hydrogens is 326 g/mol. The minimum absolute atomic E-state index is 0.0633. The van der Waals surface area contributed by atoms with Gasteiger partial charge in [-0.05, 0) is 56.5 Å². The molecule has 2 aromatic rings. The van der Waals surface area contributed by atoms with Crippen molar-refractivity contribution < 1.29 is 14.3 Å². The molecule has 0 aromatic heterocycles. The number of nitrogens with zero attached hydrogens (tertiary/aromatic N) is 1. The molecule has 0 spiro atoms. The summed E-state index contributed by atoms with van der Waals surface area (Å²) in [6, 6.07) is 14.0. The van der Waals surface area contributed by atoms with Crippen molar-refractivity contribution in [3.8, 4) is 5.75 Å². The Kier molecular flexibility index (Phi) is 5.94. The van der Waals surface area contributed by atoms with Crippen molar-refractivity contribution in [3.63, 3.8) is 0 Å². The van der Waals surface area contributed by atoms with Gasteiger partial charge in [0.25, 0.3) is 5.91 Å². The first-order chi connectivity index (χ1) is 12.6. The number of carbonyl (C=O) groups excluding carboxylic acids is 1. The average Bonchev–Trinajstić information content (AvgIpc) is 2.66. The fourth-order valence-corrected chi connectivity index (χ4v) is 3.23. The average molecular weight is 353 g/mol. The lowest BCUT2D eigenvalue weighted by atomic mass is 9.99. The normalized spacial score (nSPS) is 13.6. The monoisotopic (exact) mass is 353 g/mol. The summed E-state index contributed by atoms with van der Waals surface area (Å²) in [6.45, 7) is 8.40. The van der Waals surface area contributed by atoms with E-state index in [1.54, 1.807) is 0 Å². The molecule has 3 rings (SSSR count). The Hall–Kier alpha value is -2.33. The van der Waals surface area contributed by atoms with E-state index in [0.717, 1.165) is 24.3 Å². The largest absolute Gasteiger partial charge is 0.494 e. The summed E-state index contributed by atoms with van der Waals surface area (Å²) in [5.74, 6) is 0.849. The first-order valence-corrected chi connectivity index (χ1v) is 9.32. The number of carbonyl (C=O) groups is 1. The maximum absolute atomic E-state index is 13.0. The first-order valence-electron chi connectivity index (χ1n) is 9.32. The second-order valence-corrected chi connectivity index (χ2v) is 6.86. The second kappa shape index (κ2) is 8.37. The van der Waals surface area contributed by atoms with Gasteiger partial charge in [0.15, 0.2) is 0 Å². The molecule has 0 N–H and O–H groups in total. The van der Waals surface area contributed by atoms with Crippen molar-refractivity contribution in [3.05, 3.63) is 64.7 Å².